The van der Waals surface area contributed by atoms with E-state index in [1.807, 2.05) is 24.3 Å². The highest BCUT2D eigenvalue weighted by atomic mass is 35.5. The Morgan fingerprint density at radius 1 is 1.28 bits per heavy atom. The molecule has 0 aliphatic carbocycles. The lowest BCUT2D eigenvalue weighted by Crippen LogP contribution is -2.26. The van der Waals surface area contributed by atoms with Crippen LogP contribution >= 0.6 is 11.6 Å². The topological polar surface area (TPSA) is 67.9 Å². The number of rotatable bonds is 5. The zero-order valence-corrected chi connectivity index (χ0v) is 14.7. The van der Waals surface area contributed by atoms with E-state index in [9.17, 15) is 4.79 Å². The number of nitrogens with two attached hydrogens (primary N) is 1. The molecule has 1 aliphatic rings. The third-order valence-corrected chi connectivity index (χ3v) is 4.56. The normalized spacial score (nSPS) is 16.2. The Morgan fingerprint density at radius 3 is 2.64 bits per heavy atom. The lowest BCUT2D eigenvalue weighted by molar-refractivity contribution is 0.0993. The van der Waals surface area contributed by atoms with Gasteiger partial charge in [0.1, 0.15) is 6.61 Å². The van der Waals surface area contributed by atoms with E-state index >= 15 is 0 Å². The first-order valence-electron chi connectivity index (χ1n) is 8.12. The van der Waals surface area contributed by atoms with Crippen LogP contribution in [0.15, 0.2) is 53.5 Å². The van der Waals surface area contributed by atoms with Crippen LogP contribution in [0.5, 0.6) is 0 Å². The molecular formula is C19H20ClN3O2. The standard InChI is InChI=1S/C19H20ClN3O2/c1-23(18(24)16-4-2-3-5-17(16)20)15-10-7-13(8-11-15)6-9-14-12-25-19(21)22-14/h2-5,7-8,10-11,14H,6,9,12H2,1H3,(H2,21,22)/t14-/m0/s1. The summed E-state index contributed by atoms with van der Waals surface area (Å²) in [6, 6.07) is 15.4. The molecule has 0 saturated heterocycles. The van der Waals surface area contributed by atoms with Crippen molar-refractivity contribution in [1.29, 1.82) is 0 Å². The molecule has 1 amide bonds. The van der Waals surface area contributed by atoms with Gasteiger partial charge in [0.2, 0.25) is 0 Å². The highest BCUT2D eigenvalue weighted by molar-refractivity contribution is 6.34. The van der Waals surface area contributed by atoms with Gasteiger partial charge in [-0.15, -0.1) is 0 Å². The Bertz CT molecular complexity index is 790. The van der Waals surface area contributed by atoms with Crippen molar-refractivity contribution in [2.75, 3.05) is 18.6 Å². The van der Waals surface area contributed by atoms with E-state index in [2.05, 4.69) is 4.99 Å². The van der Waals surface area contributed by atoms with Crippen molar-refractivity contribution < 1.29 is 9.53 Å². The molecule has 0 spiro atoms. The van der Waals surface area contributed by atoms with E-state index in [4.69, 9.17) is 22.1 Å². The first kappa shape index (κ1) is 17.3. The molecule has 0 unspecified atom stereocenters. The van der Waals surface area contributed by atoms with Crippen LogP contribution in [-0.2, 0) is 11.2 Å². The van der Waals surface area contributed by atoms with Gasteiger partial charge in [0.05, 0.1) is 16.6 Å². The maximum atomic E-state index is 12.6. The molecule has 0 fully saturated rings. The first-order chi connectivity index (χ1) is 12.0. The third kappa shape index (κ3) is 4.12. The van der Waals surface area contributed by atoms with Crippen molar-refractivity contribution in [3.05, 3.63) is 64.7 Å². The van der Waals surface area contributed by atoms with Crippen molar-refractivity contribution in [3.8, 4) is 0 Å². The summed E-state index contributed by atoms with van der Waals surface area (Å²) in [5.74, 6) is -0.133. The van der Waals surface area contributed by atoms with Gasteiger partial charge in [-0.05, 0) is 42.7 Å². The molecule has 0 radical (unpaired) electrons. The quantitative estimate of drug-likeness (QED) is 0.893. The Kier molecular flexibility index (Phi) is 5.24. The molecule has 5 nitrogen and oxygen atoms in total. The van der Waals surface area contributed by atoms with Gasteiger partial charge in [0.25, 0.3) is 11.9 Å². The molecule has 1 atom stereocenters. The van der Waals surface area contributed by atoms with Gasteiger partial charge in [-0.2, -0.15) is 0 Å². The number of carbonyl (C=O) groups excluding carboxylic acids is 1. The molecule has 2 aromatic carbocycles. The van der Waals surface area contributed by atoms with Crippen LogP contribution in [0.4, 0.5) is 5.69 Å². The second-order valence-electron chi connectivity index (χ2n) is 5.98. The van der Waals surface area contributed by atoms with E-state index in [0.717, 1.165) is 18.5 Å². The summed E-state index contributed by atoms with van der Waals surface area (Å²) < 4.78 is 5.16. The number of ether oxygens (including phenoxy) is 1. The van der Waals surface area contributed by atoms with Crippen molar-refractivity contribution >= 4 is 29.2 Å². The lowest BCUT2D eigenvalue weighted by atomic mass is 10.1. The molecule has 0 bridgehead atoms. The fourth-order valence-electron chi connectivity index (χ4n) is 2.74. The van der Waals surface area contributed by atoms with Crippen molar-refractivity contribution in [3.63, 3.8) is 0 Å². The van der Waals surface area contributed by atoms with Crippen LogP contribution in [-0.4, -0.2) is 31.6 Å². The maximum absolute atomic E-state index is 12.6. The van der Waals surface area contributed by atoms with Crippen LogP contribution in [0.25, 0.3) is 0 Å². The number of amidine groups is 1. The summed E-state index contributed by atoms with van der Waals surface area (Å²) in [6.45, 7) is 0.555. The molecule has 2 N–H and O–H groups in total. The average molecular weight is 358 g/mol. The SMILES string of the molecule is CN(C(=O)c1ccccc1Cl)c1ccc(CC[C@H]2COC(N)=N2)cc1. The number of nitrogens with zero attached hydrogens (tertiary/aromatic N) is 2. The number of anilines is 1. The molecule has 0 aromatic heterocycles. The third-order valence-electron chi connectivity index (χ3n) is 4.23. The minimum Gasteiger partial charge on any atom is -0.463 e. The monoisotopic (exact) mass is 357 g/mol. The van der Waals surface area contributed by atoms with E-state index < -0.39 is 0 Å². The Labute approximate surface area is 152 Å². The summed E-state index contributed by atoms with van der Waals surface area (Å²) >= 11 is 6.11. The van der Waals surface area contributed by atoms with E-state index in [-0.39, 0.29) is 18.0 Å². The van der Waals surface area contributed by atoms with Crippen LogP contribution < -0.4 is 10.6 Å². The first-order valence-corrected chi connectivity index (χ1v) is 8.50. The molecule has 2 aromatic rings. The minimum atomic E-state index is -0.133. The predicted molar refractivity (Wildman–Crippen MR) is 100 cm³/mol. The summed E-state index contributed by atoms with van der Waals surface area (Å²) in [5.41, 5.74) is 8.01. The fraction of sp³-hybridized carbons (Fsp3) is 0.263. The van der Waals surface area contributed by atoms with E-state index in [1.165, 1.54) is 5.56 Å². The van der Waals surface area contributed by atoms with Crippen molar-refractivity contribution in [1.82, 2.24) is 0 Å². The van der Waals surface area contributed by atoms with E-state index in [1.54, 1.807) is 36.2 Å². The van der Waals surface area contributed by atoms with Crippen molar-refractivity contribution in [2.45, 2.75) is 18.9 Å². The molecule has 1 aliphatic heterocycles. The highest BCUT2D eigenvalue weighted by Gasteiger charge is 2.17. The van der Waals surface area contributed by atoms with Gasteiger partial charge in [-0.1, -0.05) is 35.9 Å². The smallest absolute Gasteiger partial charge is 0.282 e. The zero-order chi connectivity index (χ0) is 17.8. The Hall–Kier alpha value is -2.53. The lowest BCUT2D eigenvalue weighted by Gasteiger charge is -2.18. The molecule has 130 valence electrons. The summed E-state index contributed by atoms with van der Waals surface area (Å²) in [6.07, 6.45) is 1.77. The van der Waals surface area contributed by atoms with Crippen LogP contribution in [0, 0.1) is 0 Å². The highest BCUT2D eigenvalue weighted by Crippen LogP contribution is 2.22. The average Bonchev–Trinajstić information content (AvgIpc) is 3.05. The summed E-state index contributed by atoms with van der Waals surface area (Å²) in [7, 11) is 1.74. The predicted octanol–water partition coefficient (Wildman–Crippen LogP) is 3.26. The number of aliphatic imine (C=N–C) groups is 1. The number of aryl methyl sites for hydroxylation is 1. The van der Waals surface area contributed by atoms with Gasteiger partial charge >= 0.3 is 0 Å². The number of amides is 1. The summed E-state index contributed by atoms with van der Waals surface area (Å²) in [4.78, 5) is 18.4. The van der Waals surface area contributed by atoms with Crippen LogP contribution in [0.2, 0.25) is 5.02 Å². The largest absolute Gasteiger partial charge is 0.463 e. The van der Waals surface area contributed by atoms with Crippen LogP contribution in [0.3, 0.4) is 0 Å². The minimum absolute atomic E-state index is 0.129. The molecule has 6 heteroatoms. The number of hydrogen-bond acceptors (Lipinski definition) is 4. The number of halogens is 1. The number of carbonyl (C=O) groups is 1. The second-order valence-corrected chi connectivity index (χ2v) is 6.39. The van der Waals surface area contributed by atoms with Gasteiger partial charge < -0.3 is 15.4 Å². The molecule has 0 saturated carbocycles. The van der Waals surface area contributed by atoms with Gasteiger partial charge in [-0.3, -0.25) is 4.79 Å². The molecule has 1 heterocycles. The van der Waals surface area contributed by atoms with Gasteiger partial charge in [0.15, 0.2) is 0 Å². The van der Waals surface area contributed by atoms with Gasteiger partial charge in [-0.25, -0.2) is 4.99 Å². The molecular weight excluding hydrogens is 338 g/mol. The number of hydrogen-bond donors (Lipinski definition) is 1. The van der Waals surface area contributed by atoms with Crippen LogP contribution in [0.1, 0.15) is 22.3 Å². The second kappa shape index (κ2) is 7.57. The van der Waals surface area contributed by atoms with Gasteiger partial charge in [0, 0.05) is 12.7 Å². The molecule has 25 heavy (non-hydrogen) atoms. The zero-order valence-electron chi connectivity index (χ0n) is 14.0. The molecule has 3 rings (SSSR count). The van der Waals surface area contributed by atoms with E-state index in [0.29, 0.717) is 17.2 Å². The maximum Gasteiger partial charge on any atom is 0.282 e. The van der Waals surface area contributed by atoms with Crippen molar-refractivity contribution in [2.24, 2.45) is 10.7 Å². The number of benzene rings is 2. The fourth-order valence-corrected chi connectivity index (χ4v) is 2.95. The Morgan fingerprint density at radius 2 is 2.00 bits per heavy atom. The Balaban J connectivity index is 1.63. The summed E-state index contributed by atoms with van der Waals surface area (Å²) in [5, 5.41) is 0.453.